The van der Waals surface area contributed by atoms with Gasteiger partial charge in [0.2, 0.25) is 0 Å². The van der Waals surface area contributed by atoms with Gasteiger partial charge in [0.05, 0.1) is 6.04 Å². The molecule has 0 amide bonds. The second-order valence-electron chi connectivity index (χ2n) is 5.35. The SMILES string of the molecule is CCC1CCC(C)N1C(CN)c1ccc(F)cc1F. The third-order valence-corrected chi connectivity index (χ3v) is 4.22. The summed E-state index contributed by atoms with van der Waals surface area (Å²) in [6.07, 6.45) is 3.26. The molecule has 1 aromatic rings. The Morgan fingerprint density at radius 1 is 1.37 bits per heavy atom. The maximum atomic E-state index is 14.0. The van der Waals surface area contributed by atoms with Gasteiger partial charge in [0.25, 0.3) is 0 Å². The number of hydrogen-bond donors (Lipinski definition) is 1. The summed E-state index contributed by atoms with van der Waals surface area (Å²) in [5, 5.41) is 0. The first kappa shape index (κ1) is 14.4. The predicted molar refractivity (Wildman–Crippen MR) is 72.8 cm³/mol. The zero-order valence-electron chi connectivity index (χ0n) is 11.6. The van der Waals surface area contributed by atoms with Gasteiger partial charge in [-0.3, -0.25) is 4.90 Å². The molecule has 0 radical (unpaired) electrons. The lowest BCUT2D eigenvalue weighted by molar-refractivity contribution is 0.134. The summed E-state index contributed by atoms with van der Waals surface area (Å²) >= 11 is 0. The minimum absolute atomic E-state index is 0.164. The quantitative estimate of drug-likeness (QED) is 0.908. The molecule has 0 aliphatic carbocycles. The maximum Gasteiger partial charge on any atom is 0.130 e. The number of nitrogens with zero attached hydrogens (tertiary/aromatic N) is 1. The summed E-state index contributed by atoms with van der Waals surface area (Å²) in [4.78, 5) is 2.30. The van der Waals surface area contributed by atoms with Crippen LogP contribution < -0.4 is 5.73 Å². The normalized spacial score (nSPS) is 25.7. The van der Waals surface area contributed by atoms with Gasteiger partial charge >= 0.3 is 0 Å². The van der Waals surface area contributed by atoms with Gasteiger partial charge in [-0.25, -0.2) is 8.78 Å². The van der Waals surface area contributed by atoms with Crippen LogP contribution >= 0.6 is 0 Å². The first-order chi connectivity index (χ1) is 9.08. The molecule has 1 heterocycles. The zero-order chi connectivity index (χ0) is 14.0. The van der Waals surface area contributed by atoms with E-state index in [1.807, 2.05) is 0 Å². The van der Waals surface area contributed by atoms with E-state index in [4.69, 9.17) is 5.73 Å². The van der Waals surface area contributed by atoms with Gasteiger partial charge in [-0.05, 0) is 32.3 Å². The van der Waals surface area contributed by atoms with Crippen molar-refractivity contribution in [3.05, 3.63) is 35.4 Å². The minimum atomic E-state index is -0.543. The van der Waals surface area contributed by atoms with E-state index in [9.17, 15) is 8.78 Å². The topological polar surface area (TPSA) is 29.3 Å². The summed E-state index contributed by atoms with van der Waals surface area (Å²) in [6, 6.07) is 4.45. The molecule has 2 N–H and O–H groups in total. The summed E-state index contributed by atoms with van der Waals surface area (Å²) in [5.41, 5.74) is 6.38. The van der Waals surface area contributed by atoms with E-state index in [1.54, 1.807) is 0 Å². The minimum Gasteiger partial charge on any atom is -0.329 e. The van der Waals surface area contributed by atoms with Crippen LogP contribution in [0.3, 0.4) is 0 Å². The third kappa shape index (κ3) is 2.79. The molecule has 106 valence electrons. The highest BCUT2D eigenvalue weighted by Gasteiger charge is 2.35. The number of rotatable bonds is 4. The number of hydrogen-bond acceptors (Lipinski definition) is 2. The van der Waals surface area contributed by atoms with E-state index < -0.39 is 11.6 Å². The fraction of sp³-hybridized carbons (Fsp3) is 0.600. The molecule has 1 aromatic carbocycles. The second kappa shape index (κ2) is 5.97. The van der Waals surface area contributed by atoms with Gasteiger partial charge in [0.1, 0.15) is 11.6 Å². The smallest absolute Gasteiger partial charge is 0.130 e. The number of benzene rings is 1. The van der Waals surface area contributed by atoms with Crippen LogP contribution in [0.5, 0.6) is 0 Å². The highest BCUT2D eigenvalue weighted by Crippen LogP contribution is 2.35. The molecular weight excluding hydrogens is 246 g/mol. The first-order valence-electron chi connectivity index (χ1n) is 7.00. The molecule has 19 heavy (non-hydrogen) atoms. The van der Waals surface area contributed by atoms with Crippen LogP contribution in [0.4, 0.5) is 8.78 Å². The van der Waals surface area contributed by atoms with Gasteiger partial charge in [0, 0.05) is 30.3 Å². The van der Waals surface area contributed by atoms with E-state index in [0.717, 1.165) is 25.3 Å². The van der Waals surface area contributed by atoms with Crippen molar-refractivity contribution in [2.24, 2.45) is 5.73 Å². The molecular formula is C15H22F2N2. The molecule has 3 atom stereocenters. The summed E-state index contributed by atoms with van der Waals surface area (Å²) in [5.74, 6) is -1.04. The molecule has 0 saturated carbocycles. The Hall–Kier alpha value is -1.00. The lowest BCUT2D eigenvalue weighted by atomic mass is 10.0. The highest BCUT2D eigenvalue weighted by molar-refractivity contribution is 5.23. The largest absolute Gasteiger partial charge is 0.329 e. The molecule has 1 aliphatic heterocycles. The monoisotopic (exact) mass is 268 g/mol. The van der Waals surface area contributed by atoms with Crippen molar-refractivity contribution in [3.8, 4) is 0 Å². The average molecular weight is 268 g/mol. The zero-order valence-corrected chi connectivity index (χ0v) is 11.6. The summed E-state index contributed by atoms with van der Waals surface area (Å²) < 4.78 is 27.0. The summed E-state index contributed by atoms with van der Waals surface area (Å²) in [7, 11) is 0. The molecule has 2 nitrogen and oxygen atoms in total. The first-order valence-corrected chi connectivity index (χ1v) is 7.00. The van der Waals surface area contributed by atoms with Gasteiger partial charge in [-0.2, -0.15) is 0 Å². The lowest BCUT2D eigenvalue weighted by Gasteiger charge is -2.35. The number of likely N-dealkylation sites (tertiary alicyclic amines) is 1. The van der Waals surface area contributed by atoms with Gasteiger partial charge in [-0.1, -0.05) is 13.0 Å². The van der Waals surface area contributed by atoms with Gasteiger partial charge < -0.3 is 5.73 Å². The van der Waals surface area contributed by atoms with Crippen LogP contribution in [0.1, 0.15) is 44.7 Å². The average Bonchev–Trinajstić information content (AvgIpc) is 2.74. The van der Waals surface area contributed by atoms with E-state index in [2.05, 4.69) is 18.7 Å². The van der Waals surface area contributed by atoms with E-state index >= 15 is 0 Å². The molecule has 0 spiro atoms. The maximum absolute atomic E-state index is 14.0. The Labute approximate surface area is 113 Å². The van der Waals surface area contributed by atoms with Crippen molar-refractivity contribution in [3.63, 3.8) is 0 Å². The van der Waals surface area contributed by atoms with Crippen LogP contribution in [0.2, 0.25) is 0 Å². The van der Waals surface area contributed by atoms with Crippen molar-refractivity contribution in [1.29, 1.82) is 0 Å². The van der Waals surface area contributed by atoms with E-state index in [-0.39, 0.29) is 6.04 Å². The molecule has 4 heteroatoms. The molecule has 2 rings (SSSR count). The number of halogens is 2. The number of nitrogens with two attached hydrogens (primary N) is 1. The Kier molecular flexibility index (Phi) is 4.53. The molecule has 1 aliphatic rings. The molecule has 3 unspecified atom stereocenters. The third-order valence-electron chi connectivity index (χ3n) is 4.22. The highest BCUT2D eigenvalue weighted by atomic mass is 19.1. The van der Waals surface area contributed by atoms with Gasteiger partial charge in [-0.15, -0.1) is 0 Å². The van der Waals surface area contributed by atoms with Crippen LogP contribution in [0.25, 0.3) is 0 Å². The molecule has 0 aromatic heterocycles. The standard InChI is InChI=1S/C15H22F2N2/c1-3-12-6-4-10(2)19(12)15(9-18)13-7-5-11(16)8-14(13)17/h5,7-8,10,12,15H,3-4,6,9,18H2,1-2H3. The van der Waals surface area contributed by atoms with Crippen molar-refractivity contribution in [2.45, 2.75) is 51.2 Å². The molecule has 0 bridgehead atoms. The fourth-order valence-electron chi connectivity index (χ4n) is 3.25. The van der Waals surface area contributed by atoms with Crippen molar-refractivity contribution < 1.29 is 8.78 Å². The van der Waals surface area contributed by atoms with E-state index in [0.29, 0.717) is 24.2 Å². The second-order valence-corrected chi connectivity index (χ2v) is 5.35. The predicted octanol–water partition coefficient (Wildman–Crippen LogP) is 3.23. The Bertz CT molecular complexity index is 436. The lowest BCUT2D eigenvalue weighted by Crippen LogP contribution is -2.41. The van der Waals surface area contributed by atoms with Crippen molar-refractivity contribution in [1.82, 2.24) is 4.90 Å². The molecule has 1 saturated heterocycles. The van der Waals surface area contributed by atoms with Crippen molar-refractivity contribution >= 4 is 0 Å². The van der Waals surface area contributed by atoms with E-state index in [1.165, 1.54) is 12.1 Å². The van der Waals surface area contributed by atoms with Crippen LogP contribution in [0.15, 0.2) is 18.2 Å². The summed E-state index contributed by atoms with van der Waals surface area (Å²) in [6.45, 7) is 4.65. The van der Waals surface area contributed by atoms with Crippen LogP contribution in [-0.4, -0.2) is 23.5 Å². The van der Waals surface area contributed by atoms with Crippen LogP contribution in [0, 0.1) is 11.6 Å². The molecule has 1 fully saturated rings. The van der Waals surface area contributed by atoms with Crippen LogP contribution in [-0.2, 0) is 0 Å². The Morgan fingerprint density at radius 3 is 2.68 bits per heavy atom. The fourth-order valence-corrected chi connectivity index (χ4v) is 3.25. The van der Waals surface area contributed by atoms with Crippen molar-refractivity contribution in [2.75, 3.05) is 6.54 Å². The van der Waals surface area contributed by atoms with Gasteiger partial charge in [0.15, 0.2) is 0 Å². The Balaban J connectivity index is 2.33. The Morgan fingerprint density at radius 2 is 2.11 bits per heavy atom.